The van der Waals surface area contributed by atoms with Crippen LogP contribution >= 0.6 is 0 Å². The Labute approximate surface area is 181 Å². The third kappa shape index (κ3) is 4.43. The number of nitrogens with one attached hydrogen (secondary N) is 1. The first kappa shape index (κ1) is 21.8. The third-order valence-corrected chi connectivity index (χ3v) is 9.41. The number of quaternary nitrogens is 1. The highest BCUT2D eigenvalue weighted by atomic mass is 32.2. The number of aryl methyl sites for hydroxylation is 2. The van der Waals surface area contributed by atoms with Crippen molar-refractivity contribution >= 4 is 15.9 Å². The van der Waals surface area contributed by atoms with E-state index in [0.29, 0.717) is 49.6 Å². The van der Waals surface area contributed by atoms with Crippen molar-refractivity contribution in [3.63, 3.8) is 0 Å². The molecule has 0 aromatic heterocycles. The van der Waals surface area contributed by atoms with Crippen LogP contribution in [-0.2, 0) is 14.8 Å². The van der Waals surface area contributed by atoms with Crippen molar-refractivity contribution in [1.29, 1.82) is 0 Å². The molecular formula is C23H36N3O3S+. The fourth-order valence-electron chi connectivity index (χ4n) is 5.49. The Morgan fingerprint density at radius 3 is 2.43 bits per heavy atom. The summed E-state index contributed by atoms with van der Waals surface area (Å²) in [5.41, 5.74) is 2.09. The zero-order valence-electron chi connectivity index (χ0n) is 18.4. The topological polar surface area (TPSA) is 62.1 Å². The Bertz CT molecular complexity index is 876. The summed E-state index contributed by atoms with van der Waals surface area (Å²) in [7, 11) is -3.46. The Morgan fingerprint density at radius 1 is 1.00 bits per heavy atom. The van der Waals surface area contributed by atoms with Crippen molar-refractivity contribution in [3.8, 4) is 0 Å². The van der Waals surface area contributed by atoms with Crippen molar-refractivity contribution in [2.24, 2.45) is 5.92 Å². The molecule has 2 atom stereocenters. The average molecular weight is 435 g/mol. The lowest BCUT2D eigenvalue weighted by Crippen LogP contribution is -3.15. The molecule has 1 amide bonds. The third-order valence-electron chi connectivity index (χ3n) is 7.51. The zero-order chi connectivity index (χ0) is 21.3. The Balaban J connectivity index is 1.34. The molecule has 6 nitrogen and oxygen atoms in total. The van der Waals surface area contributed by atoms with E-state index in [9.17, 15) is 13.2 Å². The zero-order valence-corrected chi connectivity index (χ0v) is 19.2. The van der Waals surface area contributed by atoms with Gasteiger partial charge in [0.1, 0.15) is 0 Å². The number of sulfonamides is 1. The van der Waals surface area contributed by atoms with Crippen LogP contribution in [0, 0.1) is 19.8 Å². The maximum absolute atomic E-state index is 13.1. The molecule has 4 rings (SSSR count). The van der Waals surface area contributed by atoms with Gasteiger partial charge in [0.15, 0.2) is 6.54 Å². The molecule has 0 bridgehead atoms. The van der Waals surface area contributed by atoms with Crippen molar-refractivity contribution < 1.29 is 18.1 Å². The number of hydrogen-bond acceptors (Lipinski definition) is 3. The van der Waals surface area contributed by atoms with E-state index >= 15 is 0 Å². The first-order valence-electron chi connectivity index (χ1n) is 11.6. The molecule has 0 spiro atoms. The lowest BCUT2D eigenvalue weighted by molar-refractivity contribution is -0.896. The molecule has 1 aromatic carbocycles. The molecule has 1 saturated carbocycles. The number of hydrogen-bond donors (Lipinski definition) is 1. The molecule has 3 aliphatic rings. The van der Waals surface area contributed by atoms with Crippen molar-refractivity contribution in [3.05, 3.63) is 29.3 Å². The molecule has 30 heavy (non-hydrogen) atoms. The Kier molecular flexibility index (Phi) is 6.51. The fraction of sp³-hybridized carbons (Fsp3) is 0.696. The monoisotopic (exact) mass is 434 g/mol. The number of nitrogens with zero attached hydrogens (tertiary/aromatic N) is 2. The number of piperazine rings is 1. The fourth-order valence-corrected chi connectivity index (χ4v) is 7.02. The van der Waals surface area contributed by atoms with E-state index in [1.165, 1.54) is 30.6 Å². The quantitative estimate of drug-likeness (QED) is 0.779. The number of carbonyl (C=O) groups excluding carboxylic acids is 1. The van der Waals surface area contributed by atoms with Crippen LogP contribution in [0.5, 0.6) is 0 Å². The predicted octanol–water partition coefficient (Wildman–Crippen LogP) is 1.37. The summed E-state index contributed by atoms with van der Waals surface area (Å²) < 4.78 is 27.6. The SMILES string of the molecule is Cc1ccc(S(=O)(=O)N2CC[NH+](CC(=O)N3CCC[C@@H]4CCCC[C@@H]43)CC2)cc1C. The van der Waals surface area contributed by atoms with Crippen molar-refractivity contribution in [2.75, 3.05) is 39.3 Å². The van der Waals surface area contributed by atoms with Gasteiger partial charge < -0.3 is 9.80 Å². The molecule has 2 aliphatic heterocycles. The van der Waals surface area contributed by atoms with E-state index in [4.69, 9.17) is 0 Å². The minimum absolute atomic E-state index is 0.270. The summed E-state index contributed by atoms with van der Waals surface area (Å²) in [6.45, 7) is 7.67. The van der Waals surface area contributed by atoms with E-state index in [0.717, 1.165) is 30.5 Å². The van der Waals surface area contributed by atoms with Crippen LogP contribution in [0.15, 0.2) is 23.1 Å². The second kappa shape index (κ2) is 8.97. The minimum atomic E-state index is -3.46. The summed E-state index contributed by atoms with van der Waals surface area (Å²) in [6, 6.07) is 5.80. The molecule has 2 saturated heterocycles. The minimum Gasteiger partial charge on any atom is -0.335 e. The second-order valence-corrected chi connectivity index (χ2v) is 11.4. The van der Waals surface area contributed by atoms with Crippen LogP contribution in [0.3, 0.4) is 0 Å². The standard InChI is InChI=1S/C23H35N3O3S/c1-18-9-10-21(16-19(18)2)30(28,29)25-14-12-24(13-15-25)17-23(27)26-11-5-7-20-6-3-4-8-22(20)26/h9-10,16,20,22H,3-8,11-15,17H2,1-2H3/p+1/t20-,22-/m0/s1. The maximum Gasteiger partial charge on any atom is 0.278 e. The van der Waals surface area contributed by atoms with Crippen LogP contribution in [0.25, 0.3) is 0 Å². The summed E-state index contributed by atoms with van der Waals surface area (Å²) in [5, 5.41) is 0. The van der Waals surface area contributed by atoms with Crippen LogP contribution in [0.4, 0.5) is 0 Å². The molecule has 0 unspecified atom stereocenters. The number of carbonyl (C=O) groups is 1. The lowest BCUT2D eigenvalue weighted by atomic mass is 9.78. The first-order chi connectivity index (χ1) is 14.4. The second-order valence-electron chi connectivity index (χ2n) is 9.42. The molecule has 166 valence electrons. The van der Waals surface area contributed by atoms with Crippen molar-refractivity contribution in [1.82, 2.24) is 9.21 Å². The Hall–Kier alpha value is -1.44. The number of rotatable bonds is 4. The van der Waals surface area contributed by atoms with Gasteiger partial charge in [-0.2, -0.15) is 4.31 Å². The number of likely N-dealkylation sites (tertiary alicyclic amines) is 1. The number of benzene rings is 1. The number of fused-ring (bicyclic) bond motifs is 1. The van der Waals surface area contributed by atoms with Crippen LogP contribution in [0.2, 0.25) is 0 Å². The lowest BCUT2D eigenvalue weighted by Gasteiger charge is -2.44. The number of amides is 1. The maximum atomic E-state index is 13.1. The summed E-state index contributed by atoms with van der Waals surface area (Å²) in [4.78, 5) is 16.8. The number of piperidine rings is 1. The molecule has 1 aromatic rings. The van der Waals surface area contributed by atoms with Gasteiger partial charge in [-0.05, 0) is 68.7 Å². The van der Waals surface area contributed by atoms with Gasteiger partial charge in [-0.1, -0.05) is 18.9 Å². The van der Waals surface area contributed by atoms with Gasteiger partial charge in [-0.25, -0.2) is 8.42 Å². The van der Waals surface area contributed by atoms with Gasteiger partial charge in [0.25, 0.3) is 5.91 Å². The molecule has 0 radical (unpaired) electrons. The van der Waals surface area contributed by atoms with E-state index < -0.39 is 10.0 Å². The molecule has 1 aliphatic carbocycles. The molecule has 1 N–H and O–H groups in total. The normalized spacial score (nSPS) is 26.4. The predicted molar refractivity (Wildman–Crippen MR) is 117 cm³/mol. The van der Waals surface area contributed by atoms with Gasteiger partial charge in [-0.15, -0.1) is 0 Å². The largest absolute Gasteiger partial charge is 0.335 e. The van der Waals surface area contributed by atoms with Crippen LogP contribution in [-0.4, -0.2) is 68.8 Å². The molecule has 3 fully saturated rings. The van der Waals surface area contributed by atoms with Gasteiger partial charge in [0.05, 0.1) is 31.1 Å². The van der Waals surface area contributed by atoms with Crippen molar-refractivity contribution in [2.45, 2.75) is 63.3 Å². The average Bonchev–Trinajstić information content (AvgIpc) is 2.75. The van der Waals surface area contributed by atoms with E-state index in [2.05, 4.69) is 4.90 Å². The Morgan fingerprint density at radius 2 is 1.70 bits per heavy atom. The molecular weight excluding hydrogens is 398 g/mol. The highest BCUT2D eigenvalue weighted by Gasteiger charge is 2.38. The summed E-state index contributed by atoms with van der Waals surface area (Å²) >= 11 is 0. The summed E-state index contributed by atoms with van der Waals surface area (Å²) in [5.74, 6) is 0.971. The highest BCUT2D eigenvalue weighted by Crippen LogP contribution is 2.35. The highest BCUT2D eigenvalue weighted by molar-refractivity contribution is 7.89. The van der Waals surface area contributed by atoms with Gasteiger partial charge >= 0.3 is 0 Å². The smallest absolute Gasteiger partial charge is 0.278 e. The van der Waals surface area contributed by atoms with Gasteiger partial charge in [0.2, 0.25) is 10.0 Å². The van der Waals surface area contributed by atoms with Gasteiger partial charge in [0, 0.05) is 12.6 Å². The van der Waals surface area contributed by atoms with E-state index in [-0.39, 0.29) is 5.91 Å². The summed E-state index contributed by atoms with van der Waals surface area (Å²) in [6.07, 6.45) is 7.39. The van der Waals surface area contributed by atoms with Crippen LogP contribution < -0.4 is 4.90 Å². The molecule has 7 heteroatoms. The van der Waals surface area contributed by atoms with E-state index in [1.54, 1.807) is 16.4 Å². The van der Waals surface area contributed by atoms with Crippen LogP contribution in [0.1, 0.15) is 49.7 Å². The van der Waals surface area contributed by atoms with E-state index in [1.807, 2.05) is 19.9 Å². The molecule has 2 heterocycles. The van der Waals surface area contributed by atoms with Gasteiger partial charge in [-0.3, -0.25) is 4.79 Å². The first-order valence-corrected chi connectivity index (χ1v) is 13.0.